The Labute approximate surface area is 182 Å². The Balaban J connectivity index is 2.10. The third kappa shape index (κ3) is 3.63. The van der Waals surface area contributed by atoms with E-state index in [4.69, 9.17) is 5.26 Å². The molecule has 0 aliphatic carbocycles. The lowest BCUT2D eigenvalue weighted by Gasteiger charge is -2.13. The van der Waals surface area contributed by atoms with E-state index in [0.717, 1.165) is 5.56 Å². The largest absolute Gasteiger partial charge is 0.192 e. The molecular formula is C20H12I3N. The van der Waals surface area contributed by atoms with Crippen LogP contribution in [0.15, 0.2) is 54.6 Å². The summed E-state index contributed by atoms with van der Waals surface area (Å²) >= 11 is 7.27. The molecule has 0 fully saturated rings. The highest BCUT2D eigenvalue weighted by Crippen LogP contribution is 2.37. The van der Waals surface area contributed by atoms with Crippen LogP contribution in [0.2, 0.25) is 0 Å². The minimum atomic E-state index is 0.689. The van der Waals surface area contributed by atoms with Gasteiger partial charge in [0.25, 0.3) is 0 Å². The molecular weight excluding hydrogens is 635 g/mol. The summed E-state index contributed by atoms with van der Waals surface area (Å²) in [5.41, 5.74) is 6.85. The fourth-order valence-corrected chi connectivity index (χ4v) is 5.05. The third-order valence-corrected chi connectivity index (χ3v) is 7.99. The van der Waals surface area contributed by atoms with Gasteiger partial charge in [0.15, 0.2) is 0 Å². The molecule has 3 aromatic rings. The van der Waals surface area contributed by atoms with Gasteiger partial charge in [-0.2, -0.15) is 5.26 Å². The molecule has 118 valence electrons. The zero-order valence-electron chi connectivity index (χ0n) is 12.8. The van der Waals surface area contributed by atoms with Gasteiger partial charge in [0.05, 0.1) is 11.6 Å². The van der Waals surface area contributed by atoms with Crippen LogP contribution in [0, 0.1) is 29.0 Å². The van der Waals surface area contributed by atoms with Crippen LogP contribution >= 0.6 is 67.8 Å². The van der Waals surface area contributed by atoms with Crippen molar-refractivity contribution < 1.29 is 0 Å². The Morgan fingerprint density at radius 1 is 0.750 bits per heavy atom. The van der Waals surface area contributed by atoms with Crippen LogP contribution in [0.4, 0.5) is 0 Å². The molecule has 0 atom stereocenters. The predicted octanol–water partition coefficient (Wildman–Crippen LogP) is 7.01. The maximum atomic E-state index is 8.95. The molecule has 0 aromatic heterocycles. The first-order chi connectivity index (χ1) is 11.5. The van der Waals surface area contributed by atoms with E-state index in [0.29, 0.717) is 5.56 Å². The lowest BCUT2D eigenvalue weighted by molar-refractivity contribution is 1.43. The predicted molar refractivity (Wildman–Crippen MR) is 125 cm³/mol. The quantitative estimate of drug-likeness (QED) is 0.275. The normalized spacial score (nSPS) is 10.5. The van der Waals surface area contributed by atoms with Crippen molar-refractivity contribution in [1.29, 1.82) is 5.26 Å². The number of benzene rings is 3. The number of aryl methyl sites for hydroxylation is 1. The minimum absolute atomic E-state index is 0.689. The fourth-order valence-electron chi connectivity index (χ4n) is 2.54. The molecule has 3 aromatic carbocycles. The average molecular weight is 647 g/mol. The Hall–Kier alpha value is -0.660. The lowest BCUT2D eigenvalue weighted by atomic mass is 9.99. The van der Waals surface area contributed by atoms with Crippen molar-refractivity contribution in [1.82, 2.24) is 0 Å². The fraction of sp³-hybridized carbons (Fsp3) is 0.0500. The zero-order chi connectivity index (χ0) is 17.3. The molecule has 0 heterocycles. The summed E-state index contributed by atoms with van der Waals surface area (Å²) in [7, 11) is 0. The monoisotopic (exact) mass is 647 g/mol. The summed E-state index contributed by atoms with van der Waals surface area (Å²) in [6.45, 7) is 2.12. The van der Waals surface area contributed by atoms with Gasteiger partial charge >= 0.3 is 0 Å². The van der Waals surface area contributed by atoms with Gasteiger partial charge in [-0.25, -0.2) is 0 Å². The summed E-state index contributed by atoms with van der Waals surface area (Å²) in [5, 5.41) is 8.95. The number of halogens is 3. The SMILES string of the molecule is Cc1ccc(-c2ccc(-c3ccc(C#N)cc3)c(I)c2I)c(I)c1. The van der Waals surface area contributed by atoms with Crippen molar-refractivity contribution in [3.8, 4) is 28.3 Å². The van der Waals surface area contributed by atoms with E-state index in [9.17, 15) is 0 Å². The van der Waals surface area contributed by atoms with Crippen LogP contribution in [-0.4, -0.2) is 0 Å². The molecule has 0 aliphatic heterocycles. The molecule has 0 unspecified atom stereocenters. The van der Waals surface area contributed by atoms with Gasteiger partial charge in [0, 0.05) is 10.7 Å². The minimum Gasteiger partial charge on any atom is -0.192 e. The van der Waals surface area contributed by atoms with E-state index >= 15 is 0 Å². The van der Waals surface area contributed by atoms with Crippen molar-refractivity contribution in [2.24, 2.45) is 0 Å². The van der Waals surface area contributed by atoms with Crippen molar-refractivity contribution in [2.75, 3.05) is 0 Å². The summed E-state index contributed by atoms with van der Waals surface area (Å²) in [6.07, 6.45) is 0. The molecule has 0 amide bonds. The van der Waals surface area contributed by atoms with E-state index in [2.05, 4.69) is 111 Å². The number of rotatable bonds is 2. The van der Waals surface area contributed by atoms with Gasteiger partial charge in [-0.3, -0.25) is 0 Å². The topological polar surface area (TPSA) is 23.8 Å². The van der Waals surface area contributed by atoms with Gasteiger partial charge in [-0.1, -0.05) is 42.0 Å². The lowest BCUT2D eigenvalue weighted by Crippen LogP contribution is -1.93. The van der Waals surface area contributed by atoms with Crippen LogP contribution in [0.3, 0.4) is 0 Å². The third-order valence-electron chi connectivity index (χ3n) is 3.82. The van der Waals surface area contributed by atoms with Crippen LogP contribution in [0.1, 0.15) is 11.1 Å². The summed E-state index contributed by atoms with van der Waals surface area (Å²) < 4.78 is 3.77. The van der Waals surface area contributed by atoms with Crippen molar-refractivity contribution >= 4 is 67.8 Å². The summed E-state index contributed by atoms with van der Waals surface area (Å²) in [4.78, 5) is 0. The first-order valence-corrected chi connectivity index (χ1v) is 10.5. The summed E-state index contributed by atoms with van der Waals surface area (Å²) in [5.74, 6) is 0. The molecule has 3 rings (SSSR count). The molecule has 0 bridgehead atoms. The Bertz CT molecular complexity index is 954. The van der Waals surface area contributed by atoms with Crippen LogP contribution in [0.5, 0.6) is 0 Å². The van der Waals surface area contributed by atoms with E-state index in [1.807, 2.05) is 24.3 Å². The van der Waals surface area contributed by atoms with Crippen molar-refractivity contribution in [2.45, 2.75) is 6.92 Å². The maximum Gasteiger partial charge on any atom is 0.0991 e. The second kappa shape index (κ2) is 7.70. The second-order valence-electron chi connectivity index (χ2n) is 5.46. The van der Waals surface area contributed by atoms with E-state index in [1.165, 1.54) is 33.0 Å². The van der Waals surface area contributed by atoms with Crippen LogP contribution < -0.4 is 0 Å². The van der Waals surface area contributed by atoms with Gasteiger partial charge in [-0.15, -0.1) is 0 Å². The number of nitrogens with zero attached hydrogens (tertiary/aromatic N) is 1. The molecule has 0 saturated heterocycles. The first-order valence-electron chi connectivity index (χ1n) is 7.26. The average Bonchev–Trinajstić information content (AvgIpc) is 2.58. The Morgan fingerprint density at radius 3 is 1.96 bits per heavy atom. The van der Waals surface area contributed by atoms with Gasteiger partial charge in [-0.05, 0) is 115 Å². The standard InChI is InChI=1S/C20H12I3N/c1-12-2-7-16(18(21)10-12)17-9-8-15(19(22)20(17)23)14-5-3-13(11-24)4-6-14/h2-10H,1H3. The summed E-state index contributed by atoms with van der Waals surface area (Å²) in [6, 6.07) is 20.9. The molecule has 0 saturated carbocycles. The molecule has 24 heavy (non-hydrogen) atoms. The highest BCUT2D eigenvalue weighted by Gasteiger charge is 2.14. The molecule has 0 aliphatic rings. The van der Waals surface area contributed by atoms with E-state index < -0.39 is 0 Å². The molecule has 0 N–H and O–H groups in total. The van der Waals surface area contributed by atoms with E-state index in [1.54, 1.807) is 0 Å². The Morgan fingerprint density at radius 2 is 1.33 bits per heavy atom. The van der Waals surface area contributed by atoms with Crippen LogP contribution in [0.25, 0.3) is 22.3 Å². The highest BCUT2D eigenvalue weighted by atomic mass is 127. The van der Waals surface area contributed by atoms with Crippen molar-refractivity contribution in [3.63, 3.8) is 0 Å². The van der Waals surface area contributed by atoms with E-state index in [-0.39, 0.29) is 0 Å². The highest BCUT2D eigenvalue weighted by molar-refractivity contribution is 14.1. The number of hydrogen-bond donors (Lipinski definition) is 0. The van der Waals surface area contributed by atoms with Crippen molar-refractivity contribution in [3.05, 3.63) is 76.4 Å². The first kappa shape index (κ1) is 18.1. The zero-order valence-corrected chi connectivity index (χ0v) is 19.2. The van der Waals surface area contributed by atoms with Gasteiger partial charge < -0.3 is 0 Å². The Kier molecular flexibility index (Phi) is 5.82. The molecule has 1 nitrogen and oxygen atoms in total. The van der Waals surface area contributed by atoms with Gasteiger partial charge in [0.1, 0.15) is 0 Å². The number of hydrogen-bond acceptors (Lipinski definition) is 1. The maximum absolute atomic E-state index is 8.95. The smallest absolute Gasteiger partial charge is 0.0991 e. The molecule has 4 heteroatoms. The number of nitriles is 1. The molecule has 0 spiro atoms. The van der Waals surface area contributed by atoms with Crippen LogP contribution in [-0.2, 0) is 0 Å². The second-order valence-corrected chi connectivity index (χ2v) is 8.78. The molecule has 0 radical (unpaired) electrons. The van der Waals surface area contributed by atoms with Gasteiger partial charge in [0.2, 0.25) is 0 Å².